The molecule has 16 heavy (non-hydrogen) atoms. The normalized spacial score (nSPS) is 11.4. The highest BCUT2D eigenvalue weighted by molar-refractivity contribution is 5.29. The molecule has 0 aliphatic rings. The van der Waals surface area contributed by atoms with Gasteiger partial charge >= 0.3 is 6.18 Å². The van der Waals surface area contributed by atoms with Crippen molar-refractivity contribution in [3.05, 3.63) is 34.1 Å². The maximum Gasteiger partial charge on any atom is 0.411 e. The van der Waals surface area contributed by atoms with Crippen LogP contribution in [0, 0.1) is 10.1 Å². The van der Waals surface area contributed by atoms with Gasteiger partial charge in [-0.2, -0.15) is 13.2 Å². The zero-order valence-electron chi connectivity index (χ0n) is 7.90. The summed E-state index contributed by atoms with van der Waals surface area (Å²) >= 11 is 0. The van der Waals surface area contributed by atoms with Gasteiger partial charge < -0.3 is 4.74 Å². The summed E-state index contributed by atoms with van der Waals surface area (Å²) in [5.74, 6) is 0. The predicted octanol–water partition coefficient (Wildman–Crippen LogP) is 2.07. The first-order valence-electron chi connectivity index (χ1n) is 4.12. The van der Waals surface area contributed by atoms with Gasteiger partial charge in [0.25, 0.3) is 5.69 Å². The van der Waals surface area contributed by atoms with Crippen LogP contribution in [0.3, 0.4) is 0 Å². The molecule has 88 valence electrons. The molecule has 0 atom stereocenters. The molecule has 0 amide bonds. The molecule has 1 rings (SSSR count). The Kier molecular flexibility index (Phi) is 3.78. The largest absolute Gasteiger partial charge is 0.411 e. The number of pyridine rings is 1. The summed E-state index contributed by atoms with van der Waals surface area (Å²) in [6, 6.07) is 2.21. The smallest absolute Gasteiger partial charge is 0.366 e. The molecule has 0 bridgehead atoms. The number of rotatable bonds is 4. The molecule has 0 aliphatic carbocycles. The average molecular weight is 236 g/mol. The molecular formula is C8H7F3N2O3. The third-order valence-corrected chi connectivity index (χ3v) is 1.53. The minimum atomic E-state index is -4.42. The van der Waals surface area contributed by atoms with Crippen LogP contribution in [0.2, 0.25) is 0 Å². The van der Waals surface area contributed by atoms with Crippen LogP contribution in [0.25, 0.3) is 0 Å². The van der Waals surface area contributed by atoms with Gasteiger partial charge in [0.2, 0.25) is 0 Å². The van der Waals surface area contributed by atoms with Crippen LogP contribution in [0.1, 0.15) is 5.69 Å². The molecule has 0 aromatic carbocycles. The lowest BCUT2D eigenvalue weighted by molar-refractivity contribution is -0.385. The van der Waals surface area contributed by atoms with Crippen molar-refractivity contribution >= 4 is 5.69 Å². The SMILES string of the molecule is O=[N+]([O-])c1ccnc(COCC(F)(F)F)c1. The Morgan fingerprint density at radius 1 is 1.50 bits per heavy atom. The summed E-state index contributed by atoms with van der Waals surface area (Å²) in [5.41, 5.74) is -0.154. The first kappa shape index (κ1) is 12.4. The lowest BCUT2D eigenvalue weighted by Crippen LogP contribution is -2.16. The van der Waals surface area contributed by atoms with Crippen LogP contribution in [0.4, 0.5) is 18.9 Å². The molecule has 0 saturated heterocycles. The van der Waals surface area contributed by atoms with E-state index in [0.29, 0.717) is 0 Å². The maximum absolute atomic E-state index is 11.7. The number of aromatic nitrogens is 1. The second-order valence-corrected chi connectivity index (χ2v) is 2.87. The molecule has 0 N–H and O–H groups in total. The molecule has 1 heterocycles. The minimum Gasteiger partial charge on any atom is -0.366 e. The molecule has 1 aromatic rings. The Labute approximate surface area is 88.0 Å². The van der Waals surface area contributed by atoms with E-state index in [2.05, 4.69) is 9.72 Å². The van der Waals surface area contributed by atoms with E-state index in [0.717, 1.165) is 18.3 Å². The Morgan fingerprint density at radius 3 is 2.75 bits per heavy atom. The number of nitro groups is 1. The van der Waals surface area contributed by atoms with Crippen molar-refractivity contribution in [1.29, 1.82) is 0 Å². The number of hydrogen-bond donors (Lipinski definition) is 0. The zero-order valence-corrected chi connectivity index (χ0v) is 7.90. The van der Waals surface area contributed by atoms with E-state index in [1.54, 1.807) is 0 Å². The summed E-state index contributed by atoms with van der Waals surface area (Å²) in [4.78, 5) is 13.3. The van der Waals surface area contributed by atoms with Gasteiger partial charge in [0.15, 0.2) is 0 Å². The summed E-state index contributed by atoms with van der Waals surface area (Å²) in [6.45, 7) is -1.82. The second kappa shape index (κ2) is 4.88. The Bertz CT molecular complexity index is 381. The third-order valence-electron chi connectivity index (χ3n) is 1.53. The molecule has 0 unspecified atom stereocenters. The van der Waals surface area contributed by atoms with Gasteiger partial charge in [-0.25, -0.2) is 0 Å². The van der Waals surface area contributed by atoms with Gasteiger partial charge in [0.1, 0.15) is 6.61 Å². The fraction of sp³-hybridized carbons (Fsp3) is 0.375. The third kappa shape index (κ3) is 4.22. The van der Waals surface area contributed by atoms with Crippen LogP contribution in [0.5, 0.6) is 0 Å². The lowest BCUT2D eigenvalue weighted by atomic mass is 10.3. The number of halogens is 3. The molecular weight excluding hydrogens is 229 g/mol. The van der Waals surface area contributed by atoms with Crippen LogP contribution in [-0.4, -0.2) is 22.7 Å². The van der Waals surface area contributed by atoms with Crippen LogP contribution >= 0.6 is 0 Å². The second-order valence-electron chi connectivity index (χ2n) is 2.87. The van der Waals surface area contributed by atoms with Gasteiger partial charge in [0, 0.05) is 18.3 Å². The van der Waals surface area contributed by atoms with Crippen molar-refractivity contribution in [3.63, 3.8) is 0 Å². The summed E-state index contributed by atoms with van der Waals surface area (Å²) < 4.78 is 39.4. The predicted molar refractivity (Wildman–Crippen MR) is 46.6 cm³/mol. The molecule has 0 fully saturated rings. The van der Waals surface area contributed by atoms with Gasteiger partial charge in [-0.15, -0.1) is 0 Å². The monoisotopic (exact) mass is 236 g/mol. The molecule has 0 aliphatic heterocycles. The standard InChI is InChI=1S/C8H7F3N2O3/c9-8(10,11)5-16-4-6-3-7(13(14)15)1-2-12-6/h1-3H,4-5H2. The highest BCUT2D eigenvalue weighted by Gasteiger charge is 2.27. The van der Waals surface area contributed by atoms with Crippen molar-refractivity contribution in [2.75, 3.05) is 6.61 Å². The van der Waals surface area contributed by atoms with Crippen molar-refractivity contribution < 1.29 is 22.8 Å². The summed E-state index contributed by atoms with van der Waals surface area (Å²) in [6.07, 6.45) is -3.27. The van der Waals surface area contributed by atoms with Crippen molar-refractivity contribution in [3.8, 4) is 0 Å². The van der Waals surface area contributed by atoms with Crippen molar-refractivity contribution in [2.24, 2.45) is 0 Å². The number of nitrogens with zero attached hydrogens (tertiary/aromatic N) is 2. The topological polar surface area (TPSA) is 65.3 Å². The molecule has 0 saturated carbocycles. The van der Waals surface area contributed by atoms with Gasteiger partial charge in [0.05, 0.1) is 17.2 Å². The highest BCUT2D eigenvalue weighted by Crippen LogP contribution is 2.16. The highest BCUT2D eigenvalue weighted by atomic mass is 19.4. The quantitative estimate of drug-likeness (QED) is 0.592. The van der Waals surface area contributed by atoms with Crippen LogP contribution < -0.4 is 0 Å². The molecule has 0 radical (unpaired) electrons. The van der Waals surface area contributed by atoms with E-state index in [1.165, 1.54) is 0 Å². The van der Waals surface area contributed by atoms with Crippen LogP contribution in [-0.2, 0) is 11.3 Å². The van der Waals surface area contributed by atoms with E-state index < -0.39 is 24.3 Å². The first-order chi connectivity index (χ1) is 7.38. The maximum atomic E-state index is 11.7. The van der Waals surface area contributed by atoms with Gasteiger partial charge in [-0.3, -0.25) is 15.1 Å². The van der Waals surface area contributed by atoms with Gasteiger partial charge in [-0.05, 0) is 0 Å². The van der Waals surface area contributed by atoms with E-state index in [-0.39, 0.29) is 11.4 Å². The van der Waals surface area contributed by atoms with E-state index in [9.17, 15) is 23.3 Å². The number of hydrogen-bond acceptors (Lipinski definition) is 4. The van der Waals surface area contributed by atoms with E-state index in [4.69, 9.17) is 0 Å². The van der Waals surface area contributed by atoms with Gasteiger partial charge in [-0.1, -0.05) is 0 Å². The first-order valence-corrected chi connectivity index (χ1v) is 4.12. The fourth-order valence-corrected chi connectivity index (χ4v) is 0.929. The van der Waals surface area contributed by atoms with Crippen molar-refractivity contribution in [2.45, 2.75) is 12.8 Å². The molecule has 0 spiro atoms. The van der Waals surface area contributed by atoms with Crippen LogP contribution in [0.15, 0.2) is 18.3 Å². The minimum absolute atomic E-state index is 0.0819. The molecule has 8 heteroatoms. The Hall–Kier alpha value is -1.70. The summed E-state index contributed by atoms with van der Waals surface area (Å²) in [5, 5.41) is 10.3. The number of alkyl halides is 3. The summed E-state index contributed by atoms with van der Waals surface area (Å²) in [7, 11) is 0. The molecule has 5 nitrogen and oxygen atoms in total. The fourth-order valence-electron chi connectivity index (χ4n) is 0.929. The zero-order chi connectivity index (χ0) is 12.2. The average Bonchev–Trinajstić information content (AvgIpc) is 2.16. The van der Waals surface area contributed by atoms with E-state index >= 15 is 0 Å². The van der Waals surface area contributed by atoms with Crippen molar-refractivity contribution in [1.82, 2.24) is 4.98 Å². The number of ether oxygens (including phenoxy) is 1. The Morgan fingerprint density at radius 2 is 2.19 bits per heavy atom. The Balaban J connectivity index is 2.55. The van der Waals surface area contributed by atoms with E-state index in [1.807, 2.05) is 0 Å². The lowest BCUT2D eigenvalue weighted by Gasteiger charge is -2.06. The molecule has 1 aromatic heterocycles.